The zero-order chi connectivity index (χ0) is 13.3. The SMILES string of the molecule is O=C(O)c1nc(Cl)ccc1-c1cc(Cl)cc(Cl)c1. The van der Waals surface area contributed by atoms with Gasteiger partial charge in [0.2, 0.25) is 0 Å². The Kier molecular flexibility index (Phi) is 3.76. The average molecular weight is 303 g/mol. The molecule has 18 heavy (non-hydrogen) atoms. The van der Waals surface area contributed by atoms with Crippen molar-refractivity contribution in [1.29, 1.82) is 0 Å². The number of halogens is 3. The summed E-state index contributed by atoms with van der Waals surface area (Å²) >= 11 is 17.5. The Morgan fingerprint density at radius 1 is 1.06 bits per heavy atom. The number of hydrogen-bond acceptors (Lipinski definition) is 2. The fourth-order valence-electron chi connectivity index (χ4n) is 1.54. The lowest BCUT2D eigenvalue weighted by atomic mass is 10.0. The molecule has 3 nitrogen and oxygen atoms in total. The second-order valence-corrected chi connectivity index (χ2v) is 4.75. The molecule has 0 amide bonds. The summed E-state index contributed by atoms with van der Waals surface area (Å²) in [6, 6.07) is 7.88. The molecule has 0 spiro atoms. The molecule has 0 bridgehead atoms. The molecule has 0 aliphatic rings. The van der Waals surface area contributed by atoms with E-state index in [1.807, 2.05) is 0 Å². The average Bonchev–Trinajstić information content (AvgIpc) is 2.27. The van der Waals surface area contributed by atoms with E-state index in [-0.39, 0.29) is 10.8 Å². The maximum atomic E-state index is 11.1. The minimum atomic E-state index is -1.16. The lowest BCUT2D eigenvalue weighted by Gasteiger charge is -2.07. The van der Waals surface area contributed by atoms with Gasteiger partial charge in [0, 0.05) is 15.6 Å². The van der Waals surface area contributed by atoms with Gasteiger partial charge >= 0.3 is 5.97 Å². The standard InChI is InChI=1S/C12H6Cl3NO2/c13-7-3-6(4-8(14)5-7)9-1-2-10(15)16-11(9)12(17)18/h1-5H,(H,17,18). The van der Waals surface area contributed by atoms with Crippen LogP contribution < -0.4 is 0 Å². The second kappa shape index (κ2) is 5.14. The first-order valence-electron chi connectivity index (χ1n) is 4.83. The van der Waals surface area contributed by atoms with E-state index in [0.717, 1.165) is 0 Å². The normalized spacial score (nSPS) is 10.4. The quantitative estimate of drug-likeness (QED) is 0.836. The van der Waals surface area contributed by atoms with Crippen LogP contribution in [-0.2, 0) is 0 Å². The summed E-state index contributed by atoms with van der Waals surface area (Å²) in [6.07, 6.45) is 0. The number of pyridine rings is 1. The van der Waals surface area contributed by atoms with Crippen LogP contribution in [0.3, 0.4) is 0 Å². The van der Waals surface area contributed by atoms with E-state index in [0.29, 0.717) is 21.2 Å². The predicted octanol–water partition coefficient (Wildman–Crippen LogP) is 4.41. The zero-order valence-electron chi connectivity index (χ0n) is 8.82. The van der Waals surface area contributed by atoms with E-state index < -0.39 is 5.97 Å². The van der Waals surface area contributed by atoms with Crippen LogP contribution >= 0.6 is 34.8 Å². The minimum Gasteiger partial charge on any atom is -0.476 e. The highest BCUT2D eigenvalue weighted by Gasteiger charge is 2.15. The minimum absolute atomic E-state index is 0.115. The molecule has 0 aliphatic heterocycles. The topological polar surface area (TPSA) is 50.2 Å². The molecule has 1 heterocycles. The number of nitrogens with zero attached hydrogens (tertiary/aromatic N) is 1. The predicted molar refractivity (Wildman–Crippen MR) is 71.7 cm³/mol. The monoisotopic (exact) mass is 301 g/mol. The zero-order valence-corrected chi connectivity index (χ0v) is 11.1. The van der Waals surface area contributed by atoms with Gasteiger partial charge in [0.05, 0.1) is 0 Å². The van der Waals surface area contributed by atoms with Gasteiger partial charge < -0.3 is 5.11 Å². The van der Waals surface area contributed by atoms with Crippen molar-refractivity contribution in [2.75, 3.05) is 0 Å². The Labute approximate surface area is 118 Å². The molecule has 0 saturated carbocycles. The van der Waals surface area contributed by atoms with Crippen LogP contribution in [0.25, 0.3) is 11.1 Å². The Morgan fingerprint density at radius 3 is 2.22 bits per heavy atom. The lowest BCUT2D eigenvalue weighted by molar-refractivity contribution is 0.0691. The van der Waals surface area contributed by atoms with Gasteiger partial charge in [-0.25, -0.2) is 9.78 Å². The molecule has 2 aromatic rings. The highest BCUT2D eigenvalue weighted by Crippen LogP contribution is 2.29. The van der Waals surface area contributed by atoms with E-state index in [4.69, 9.17) is 39.9 Å². The molecule has 92 valence electrons. The van der Waals surface area contributed by atoms with Crippen molar-refractivity contribution < 1.29 is 9.90 Å². The van der Waals surface area contributed by atoms with E-state index in [1.165, 1.54) is 6.07 Å². The van der Waals surface area contributed by atoms with E-state index in [1.54, 1.807) is 24.3 Å². The smallest absolute Gasteiger partial charge is 0.355 e. The Morgan fingerprint density at radius 2 is 1.67 bits per heavy atom. The summed E-state index contributed by atoms with van der Waals surface area (Å²) < 4.78 is 0. The van der Waals surface area contributed by atoms with Crippen LogP contribution in [-0.4, -0.2) is 16.1 Å². The van der Waals surface area contributed by atoms with Gasteiger partial charge in [0.25, 0.3) is 0 Å². The molecular weight excluding hydrogens is 296 g/mol. The van der Waals surface area contributed by atoms with Gasteiger partial charge in [0.15, 0.2) is 5.69 Å². The number of carbonyl (C=O) groups is 1. The maximum Gasteiger partial charge on any atom is 0.355 e. The number of carboxylic acids is 1. The van der Waals surface area contributed by atoms with Crippen LogP contribution in [0.2, 0.25) is 15.2 Å². The Balaban J connectivity index is 2.66. The molecule has 1 N–H and O–H groups in total. The molecule has 1 aromatic carbocycles. The number of hydrogen-bond donors (Lipinski definition) is 1. The van der Waals surface area contributed by atoms with E-state index in [9.17, 15) is 4.79 Å². The number of carboxylic acid groups (broad SMARTS) is 1. The van der Waals surface area contributed by atoms with Crippen molar-refractivity contribution in [1.82, 2.24) is 4.98 Å². The van der Waals surface area contributed by atoms with Crippen LogP contribution in [0.1, 0.15) is 10.5 Å². The molecule has 0 radical (unpaired) electrons. The summed E-state index contributed by atoms with van der Waals surface area (Å²) in [5, 5.41) is 10.1. The van der Waals surface area contributed by atoms with Crippen molar-refractivity contribution in [2.24, 2.45) is 0 Å². The molecule has 0 unspecified atom stereocenters. The summed E-state index contributed by atoms with van der Waals surface area (Å²) in [5.74, 6) is -1.16. The third-order valence-electron chi connectivity index (χ3n) is 2.24. The molecule has 0 fully saturated rings. The third-order valence-corrected chi connectivity index (χ3v) is 2.88. The van der Waals surface area contributed by atoms with Crippen LogP contribution in [0, 0.1) is 0 Å². The van der Waals surface area contributed by atoms with Crippen molar-refractivity contribution in [3.05, 3.63) is 51.2 Å². The number of benzene rings is 1. The molecule has 2 rings (SSSR count). The Bertz CT molecular complexity index is 608. The summed E-state index contributed by atoms with van der Waals surface area (Å²) in [4.78, 5) is 14.9. The van der Waals surface area contributed by atoms with Gasteiger partial charge in [-0.05, 0) is 35.9 Å². The number of aromatic nitrogens is 1. The van der Waals surface area contributed by atoms with Gasteiger partial charge in [-0.3, -0.25) is 0 Å². The first kappa shape index (κ1) is 13.1. The van der Waals surface area contributed by atoms with E-state index in [2.05, 4.69) is 4.98 Å². The third kappa shape index (κ3) is 2.75. The largest absolute Gasteiger partial charge is 0.476 e. The molecule has 0 saturated heterocycles. The highest BCUT2D eigenvalue weighted by atomic mass is 35.5. The van der Waals surface area contributed by atoms with Crippen LogP contribution in [0.4, 0.5) is 0 Å². The first-order valence-corrected chi connectivity index (χ1v) is 5.97. The van der Waals surface area contributed by atoms with Crippen molar-refractivity contribution >= 4 is 40.8 Å². The fourth-order valence-corrected chi connectivity index (χ4v) is 2.21. The summed E-state index contributed by atoms with van der Waals surface area (Å²) in [7, 11) is 0. The second-order valence-electron chi connectivity index (χ2n) is 3.49. The van der Waals surface area contributed by atoms with Gasteiger partial charge in [-0.15, -0.1) is 0 Å². The maximum absolute atomic E-state index is 11.1. The summed E-state index contributed by atoms with van der Waals surface area (Å²) in [5.41, 5.74) is 0.853. The molecule has 6 heteroatoms. The molecule has 0 atom stereocenters. The Hall–Kier alpha value is -1.29. The van der Waals surface area contributed by atoms with E-state index >= 15 is 0 Å². The van der Waals surface area contributed by atoms with Crippen molar-refractivity contribution in [2.45, 2.75) is 0 Å². The van der Waals surface area contributed by atoms with Crippen LogP contribution in [0.5, 0.6) is 0 Å². The highest BCUT2D eigenvalue weighted by molar-refractivity contribution is 6.35. The van der Waals surface area contributed by atoms with Gasteiger partial charge in [0.1, 0.15) is 5.15 Å². The van der Waals surface area contributed by atoms with Gasteiger partial charge in [-0.2, -0.15) is 0 Å². The molecular formula is C12H6Cl3NO2. The van der Waals surface area contributed by atoms with Crippen molar-refractivity contribution in [3.63, 3.8) is 0 Å². The number of aromatic carboxylic acids is 1. The van der Waals surface area contributed by atoms with Crippen LogP contribution in [0.15, 0.2) is 30.3 Å². The molecule has 1 aromatic heterocycles. The molecule has 0 aliphatic carbocycles. The fraction of sp³-hybridized carbons (Fsp3) is 0. The lowest BCUT2D eigenvalue weighted by Crippen LogP contribution is -2.03. The number of rotatable bonds is 2. The van der Waals surface area contributed by atoms with Gasteiger partial charge in [-0.1, -0.05) is 34.8 Å². The van der Waals surface area contributed by atoms with Crippen molar-refractivity contribution in [3.8, 4) is 11.1 Å². The summed E-state index contributed by atoms with van der Waals surface area (Å²) in [6.45, 7) is 0. The first-order chi connectivity index (χ1) is 8.47.